The van der Waals surface area contributed by atoms with Crippen LogP contribution in [0.25, 0.3) is 10.9 Å². The number of thioether (sulfide) groups is 1. The molecule has 6 aromatic rings. The molecule has 9 rings (SSSR count). The molecule has 3 aliphatic heterocycles. The third kappa shape index (κ3) is 29.2. The van der Waals surface area contributed by atoms with E-state index in [2.05, 4.69) is 52.8 Å². The van der Waals surface area contributed by atoms with Gasteiger partial charge in [0.2, 0.25) is 88.6 Å². The Balaban J connectivity index is 1.15. The maximum absolute atomic E-state index is 15.7. The van der Waals surface area contributed by atoms with Crippen molar-refractivity contribution in [2.24, 2.45) is 17.4 Å². The first-order valence-electron chi connectivity index (χ1n) is 44.2. The average molecular weight is 1900 g/mol. The number of nitrogens with two attached hydrogens (primary N) is 2. The van der Waals surface area contributed by atoms with E-state index >= 15 is 56.7 Å². The van der Waals surface area contributed by atoms with Crippen molar-refractivity contribution >= 4 is 123 Å². The van der Waals surface area contributed by atoms with E-state index in [1.54, 1.807) is 91.9 Å². The summed E-state index contributed by atoms with van der Waals surface area (Å²) in [4.78, 5) is 258. The van der Waals surface area contributed by atoms with Gasteiger partial charge in [0.05, 0.1) is 37.3 Å². The predicted molar refractivity (Wildman–Crippen MR) is 483 cm³/mol. The molecule has 4 heterocycles. The van der Waals surface area contributed by atoms with Crippen LogP contribution in [0.5, 0.6) is 5.75 Å². The summed E-state index contributed by atoms with van der Waals surface area (Å²) >= 11 is 0.628. The highest BCUT2D eigenvalue weighted by Crippen LogP contribution is 2.29. The van der Waals surface area contributed by atoms with Gasteiger partial charge in [-0.2, -0.15) is 0 Å². The Hall–Kier alpha value is -13.6. The van der Waals surface area contributed by atoms with Gasteiger partial charge in [0.25, 0.3) is 0 Å². The van der Waals surface area contributed by atoms with Crippen LogP contribution in [0.15, 0.2) is 128 Å². The van der Waals surface area contributed by atoms with Gasteiger partial charge in [-0.05, 0) is 96.3 Å². The number of para-hydroxylation sites is 1. The Morgan fingerprint density at radius 1 is 0.504 bits per heavy atom. The van der Waals surface area contributed by atoms with Gasteiger partial charge in [-0.1, -0.05) is 125 Å². The van der Waals surface area contributed by atoms with Crippen molar-refractivity contribution in [1.82, 2.24) is 77.3 Å². The lowest BCUT2D eigenvalue weighted by Gasteiger charge is -2.38. The molecule has 0 unspecified atom stereocenters. The Morgan fingerprint density at radius 2 is 1.00 bits per heavy atom. The molecule has 3 aliphatic rings. The molecule has 19 N–H and O–H groups in total. The number of amides is 15. The number of aromatic nitrogens is 1. The molecule has 135 heavy (non-hydrogen) atoms. The van der Waals surface area contributed by atoms with Crippen molar-refractivity contribution in [3.8, 4) is 5.75 Å². The summed E-state index contributed by atoms with van der Waals surface area (Å²) in [5.41, 5.74) is 13.0. The quantitative estimate of drug-likeness (QED) is 0.0250. The first kappa shape index (κ1) is 105. The zero-order valence-electron chi connectivity index (χ0n) is 75.3. The number of H-pyrrole nitrogens is 1. The van der Waals surface area contributed by atoms with Gasteiger partial charge < -0.3 is 114 Å². The number of carbonyl (C=O) groups excluding carboxylic acids is 15. The number of aliphatic carboxylic acids is 2. The minimum Gasteiger partial charge on any atom is -0.508 e. The lowest BCUT2D eigenvalue weighted by atomic mass is 9.98. The molecule has 0 bridgehead atoms. The van der Waals surface area contributed by atoms with Gasteiger partial charge in [0.1, 0.15) is 84.3 Å². The van der Waals surface area contributed by atoms with E-state index in [1.807, 2.05) is 0 Å². The first-order chi connectivity index (χ1) is 64.1. The third-order valence-corrected chi connectivity index (χ3v) is 24.7. The Labute approximate surface area is 779 Å². The number of aromatic amines is 1. The number of aliphatic hydroxyl groups excluding tert-OH is 2. The van der Waals surface area contributed by atoms with Gasteiger partial charge in [-0.25, -0.2) is 13.2 Å². The molecular formula is C92H116F3N17O22S. The number of likely N-dealkylation sites (N-methyl/N-ethyl adjacent to an activating group) is 3. The number of hydrogen-bond donors (Lipinski definition) is 17. The van der Waals surface area contributed by atoms with E-state index < -0.39 is 296 Å². The maximum atomic E-state index is 15.7. The van der Waals surface area contributed by atoms with Crippen LogP contribution in [0.1, 0.15) is 113 Å². The zero-order chi connectivity index (χ0) is 98.8. The summed E-state index contributed by atoms with van der Waals surface area (Å²) in [7, 11) is 3.50. The second-order valence-corrected chi connectivity index (χ2v) is 35.1. The van der Waals surface area contributed by atoms with E-state index in [1.165, 1.54) is 51.4 Å². The highest BCUT2D eigenvalue weighted by Gasteiger charge is 2.49. The largest absolute Gasteiger partial charge is 0.508 e. The smallest absolute Gasteiger partial charge is 0.305 e. The fraction of sp³-hybridized carbons (Fsp3) is 0.467. The number of aromatic hydroxyl groups is 1. The number of nitrogens with zero attached hydrogens (tertiary/aromatic N) is 5. The van der Waals surface area contributed by atoms with E-state index in [0.29, 0.717) is 63.5 Å². The number of carboxylic acid groups (broad SMARTS) is 2. The summed E-state index contributed by atoms with van der Waals surface area (Å²) in [6.07, 6.45) is -6.76. The molecule has 3 fully saturated rings. The standard InChI is InChI=1S/C92H116F3N17O22S/c1-7-8-26-69-91(133)112-46-57(115)40-72(112)87(129)104-65(41-76(118)119)84(126)107-79(49(2)3)92(134)109(5)70(36-50-19-11-9-12-20-50)85(127)105-67(42-77(120)121)89(131)111-45-56(114)39-71(111)86(128)103-64(38-54-43-98-61-24-16-15-23-58(54)61)83(125)102-63(34-52-27-29-55(113)30-28-52)82(124)101-62(25-17-18-31-96)81(123)106-68(80(122)99-44-74(97)116)47-135-48-75(117)100-66(35-53-32-59(93)78(95)60(94)33-53)88(130)110(6)73(90(132)108(69)4)37-51-21-13-10-14-22-51/h9-16,19-24,27-30,32-33,43,49,56-57,62-73,79,98,113-115H,7-8,17-18,25-26,31,34-42,44-48,96H2,1-6H3,(H2,97,116)(H,99,122)(H,100,117)(H,101,124)(H,102,125)(H,103,128)(H,104,129)(H,105,127)(H,106,123)(H,107,126)(H,118,119)(H,120,121)/t56-,57-,62+,63+,64+,65+,66+,67+,68+,69+,70+,71-,72-,73+,79+/m1/s1. The van der Waals surface area contributed by atoms with Crippen molar-refractivity contribution in [2.45, 2.75) is 208 Å². The number of phenols is 1. The molecule has 0 radical (unpaired) electrons. The number of benzene rings is 5. The molecule has 15 atom stereocenters. The van der Waals surface area contributed by atoms with E-state index in [0.717, 1.165) is 38.6 Å². The van der Waals surface area contributed by atoms with E-state index in [9.17, 15) is 63.5 Å². The molecule has 5 aromatic carbocycles. The molecule has 0 aliphatic carbocycles. The summed E-state index contributed by atoms with van der Waals surface area (Å²) < 4.78 is 45.1. The summed E-state index contributed by atoms with van der Waals surface area (Å²) in [5.74, 6) is -27.8. The van der Waals surface area contributed by atoms with Crippen molar-refractivity contribution in [3.05, 3.63) is 173 Å². The summed E-state index contributed by atoms with van der Waals surface area (Å²) in [5, 5.41) is 77.2. The second-order valence-electron chi connectivity index (χ2n) is 34.1. The highest BCUT2D eigenvalue weighted by atomic mass is 32.2. The number of carbonyl (C=O) groups is 17. The van der Waals surface area contributed by atoms with Crippen LogP contribution in [-0.4, -0.2) is 305 Å². The van der Waals surface area contributed by atoms with Crippen molar-refractivity contribution < 1.29 is 120 Å². The second kappa shape index (κ2) is 49.4. The van der Waals surface area contributed by atoms with Crippen LogP contribution in [0, 0.1) is 23.4 Å². The average Bonchev–Trinajstić information content (AvgIpc) is 1.74. The Bertz CT molecular complexity index is 5260. The van der Waals surface area contributed by atoms with Crippen molar-refractivity contribution in [1.29, 1.82) is 0 Å². The van der Waals surface area contributed by atoms with Crippen LogP contribution in [-0.2, 0) is 114 Å². The number of unbranched alkanes of at least 4 members (excludes halogenated alkanes) is 2. The molecule has 43 heteroatoms. The Morgan fingerprint density at radius 3 is 1.58 bits per heavy atom. The topological polar surface area (TPSA) is 584 Å². The van der Waals surface area contributed by atoms with Crippen LogP contribution >= 0.6 is 11.8 Å². The summed E-state index contributed by atoms with van der Waals surface area (Å²) in [6, 6.07) is 6.05. The van der Waals surface area contributed by atoms with Gasteiger partial charge in [0, 0.05) is 102 Å². The van der Waals surface area contributed by atoms with Crippen molar-refractivity contribution in [3.63, 3.8) is 0 Å². The number of fused-ring (bicyclic) bond motifs is 3. The predicted octanol–water partition coefficient (Wildman–Crippen LogP) is -0.640. The van der Waals surface area contributed by atoms with Gasteiger partial charge in [-0.15, -0.1) is 11.8 Å². The number of rotatable bonds is 25. The maximum Gasteiger partial charge on any atom is 0.305 e. The number of nitrogens with one attached hydrogen (secondary N) is 10. The SMILES string of the molecule is CCCC[C@H]1C(=O)N2C[C@H](O)C[C@@H]2C(=O)N[C@@H](CC(=O)O)C(=O)N[C@@H](C(C)C)C(=O)N(C)[C@@H](Cc2ccccc2)C(=O)N[C@@H](CC(=O)O)C(=O)N2C[C@H](O)C[C@@H]2C(=O)N[C@@H](Cc2c[nH]c3ccccc23)C(=O)N[C@@H](Cc2ccc(O)cc2)C(=O)N[C@@H](CCCCN)C(=O)N[C@H](C(=O)NCC(N)=O)CSCC(=O)N[C@@H](Cc2cc(F)c(F)c(F)c2)C(=O)N(C)[C@@H](Cc2ccccc2)C(=O)N1C. The molecule has 39 nitrogen and oxygen atoms in total. The molecule has 0 saturated carbocycles. The van der Waals surface area contributed by atoms with E-state index in [4.69, 9.17) is 11.5 Å². The van der Waals surface area contributed by atoms with Gasteiger partial charge in [-0.3, -0.25) is 81.5 Å². The monoisotopic (exact) mass is 1900 g/mol. The van der Waals surface area contributed by atoms with Crippen molar-refractivity contribution in [2.75, 3.05) is 58.8 Å². The van der Waals surface area contributed by atoms with Crippen LogP contribution in [0.4, 0.5) is 13.2 Å². The number of hydrogen-bond acceptors (Lipinski definition) is 22. The zero-order valence-corrected chi connectivity index (χ0v) is 76.1. The fourth-order valence-corrected chi connectivity index (χ4v) is 17.2. The number of primary amides is 1. The number of aliphatic hydroxyl groups is 2. The van der Waals surface area contributed by atoms with Crippen LogP contribution in [0.2, 0.25) is 0 Å². The number of halogens is 3. The van der Waals surface area contributed by atoms with Crippen LogP contribution < -0.4 is 59.3 Å². The lowest BCUT2D eigenvalue weighted by molar-refractivity contribution is -0.152. The highest BCUT2D eigenvalue weighted by molar-refractivity contribution is 8.00. The minimum atomic E-state index is -2.11. The summed E-state index contributed by atoms with van der Waals surface area (Å²) in [6.45, 7) is 2.68. The molecule has 1 aromatic heterocycles. The third-order valence-electron chi connectivity index (χ3n) is 23.7. The molecular weight excluding hydrogens is 1780 g/mol. The number of phenolic OH excluding ortho intramolecular Hbond substituents is 1. The minimum absolute atomic E-state index is 0.0657. The molecule has 3 saturated heterocycles. The van der Waals surface area contributed by atoms with E-state index in [-0.39, 0.29) is 57.2 Å². The van der Waals surface area contributed by atoms with Gasteiger partial charge in [0.15, 0.2) is 17.5 Å². The fourth-order valence-electron chi connectivity index (χ4n) is 16.4. The molecule has 728 valence electrons. The molecule has 15 amide bonds. The first-order valence-corrected chi connectivity index (χ1v) is 45.3. The number of carboxylic acids is 2. The Kier molecular flexibility index (Phi) is 38.5. The molecule has 0 spiro atoms. The normalized spacial score (nSPS) is 24.5. The van der Waals surface area contributed by atoms with Gasteiger partial charge >= 0.3 is 11.9 Å². The lowest BCUT2D eigenvalue weighted by Crippen LogP contribution is -2.62. The van der Waals surface area contributed by atoms with Crippen LogP contribution in [0.3, 0.4) is 0 Å².